The molecule has 0 fully saturated rings. The molecule has 0 aliphatic carbocycles. The molecule has 0 aliphatic heterocycles. The number of furan rings is 2. The highest BCUT2D eigenvalue weighted by molar-refractivity contribution is 6.30. The van der Waals surface area contributed by atoms with Crippen LogP contribution in [0.3, 0.4) is 0 Å². The summed E-state index contributed by atoms with van der Waals surface area (Å²) >= 11 is 0. The van der Waals surface area contributed by atoms with Gasteiger partial charge in [-0.2, -0.15) is 0 Å². The average Bonchev–Trinajstić information content (AvgIpc) is 1.59. The summed E-state index contributed by atoms with van der Waals surface area (Å²) in [4.78, 5) is 4.76. The third-order valence-electron chi connectivity index (χ3n) is 17.5. The van der Waals surface area contributed by atoms with Crippen molar-refractivity contribution in [3.05, 3.63) is 290 Å². The Hall–Kier alpha value is -10.8. The fourth-order valence-corrected chi connectivity index (χ4v) is 13.1. The lowest BCUT2D eigenvalue weighted by molar-refractivity contribution is 0.631. The molecule has 0 N–H and O–H groups in total. The van der Waals surface area contributed by atoms with Crippen molar-refractivity contribution in [1.29, 1.82) is 0 Å². The van der Waals surface area contributed by atoms with Crippen molar-refractivity contribution in [3.63, 3.8) is 0 Å². The van der Waals surface area contributed by atoms with Gasteiger partial charge in [-0.3, -0.25) is 0 Å². The molecule has 0 radical (unpaired) electrons. The van der Waals surface area contributed by atoms with E-state index in [1.807, 2.05) is 38.1 Å². The number of benzene rings is 12. The third kappa shape index (κ3) is 9.28. The molecule has 0 saturated heterocycles. The van der Waals surface area contributed by atoms with Crippen LogP contribution >= 0.6 is 0 Å². The van der Waals surface area contributed by atoms with Crippen LogP contribution in [0.4, 0.5) is 34.1 Å². The largest absolute Gasteiger partial charge is 0.456 e. The second-order valence-corrected chi connectivity index (χ2v) is 23.3. The maximum atomic E-state index is 6.34. The van der Waals surface area contributed by atoms with E-state index in [0.29, 0.717) is 11.8 Å². The van der Waals surface area contributed by atoms with Crippen LogP contribution in [0.1, 0.15) is 64.5 Å². The van der Waals surface area contributed by atoms with Crippen LogP contribution < -0.4 is 9.80 Å². The zero-order valence-corrected chi connectivity index (χ0v) is 50.3. The smallest absolute Gasteiger partial charge is 0.135 e. The lowest BCUT2D eigenvalue weighted by Gasteiger charge is -2.26. The molecule has 12 aromatic carbocycles. The maximum Gasteiger partial charge on any atom is 0.135 e. The summed E-state index contributed by atoms with van der Waals surface area (Å²) < 4.78 is 17.6. The first-order valence-corrected chi connectivity index (χ1v) is 30.9. The summed E-state index contributed by atoms with van der Waals surface area (Å²) in [5, 5.41) is 9.41. The van der Waals surface area contributed by atoms with Crippen molar-refractivity contribution in [2.45, 2.75) is 53.4 Å². The highest BCUT2D eigenvalue weighted by Gasteiger charge is 2.24. The molecule has 0 atom stereocenters. The van der Waals surface area contributed by atoms with Gasteiger partial charge in [-0.05, 0) is 191 Å². The molecule has 88 heavy (non-hydrogen) atoms. The molecular formula is C82H66N4O2. The van der Waals surface area contributed by atoms with Gasteiger partial charge >= 0.3 is 0 Å². The predicted molar refractivity (Wildman–Crippen MR) is 372 cm³/mol. The Morgan fingerprint density at radius 2 is 0.625 bits per heavy atom. The Kier molecular flexibility index (Phi) is 13.6. The number of hydrogen-bond donors (Lipinski definition) is 0. The number of fused-ring (bicyclic) bond motifs is 11. The molecule has 4 aromatic heterocycles. The van der Waals surface area contributed by atoms with Crippen LogP contribution in [0.2, 0.25) is 0 Å². The molecule has 0 saturated carbocycles. The van der Waals surface area contributed by atoms with Gasteiger partial charge in [-0.1, -0.05) is 163 Å². The Labute approximate surface area is 513 Å². The van der Waals surface area contributed by atoms with Gasteiger partial charge in [0.15, 0.2) is 0 Å². The molecule has 0 spiro atoms. The first-order chi connectivity index (χ1) is 43.3. The Bertz CT molecular complexity index is 4810. The summed E-state index contributed by atoms with van der Waals surface area (Å²) in [6.07, 6.45) is 0. The molecule has 0 bridgehead atoms. The van der Waals surface area contributed by atoms with Gasteiger partial charge in [-0.25, -0.2) is 0 Å². The molecular weight excluding hydrogens is 1070 g/mol. The van der Waals surface area contributed by atoms with Gasteiger partial charge < -0.3 is 27.8 Å². The van der Waals surface area contributed by atoms with Gasteiger partial charge in [-0.15, -0.1) is 0 Å². The highest BCUT2D eigenvalue weighted by atomic mass is 16.3. The fraction of sp³-hybridized carbons (Fsp3) is 0.0976. The van der Waals surface area contributed by atoms with E-state index in [2.05, 4.69) is 301 Å². The number of rotatable bonds is 12. The van der Waals surface area contributed by atoms with Crippen molar-refractivity contribution in [2.75, 3.05) is 9.80 Å². The fourth-order valence-electron chi connectivity index (χ4n) is 13.1. The number of nitrogens with zero attached hydrogens (tertiary/aromatic N) is 4. The Morgan fingerprint density at radius 1 is 0.295 bits per heavy atom. The third-order valence-corrected chi connectivity index (χ3v) is 17.5. The van der Waals surface area contributed by atoms with Crippen molar-refractivity contribution in [1.82, 2.24) is 9.13 Å². The van der Waals surface area contributed by atoms with Crippen LogP contribution in [0, 0.1) is 0 Å². The summed E-state index contributed by atoms with van der Waals surface area (Å²) in [5.41, 5.74) is 19.6. The first-order valence-electron chi connectivity index (χ1n) is 30.9. The normalized spacial score (nSPS) is 11.7. The van der Waals surface area contributed by atoms with Gasteiger partial charge in [0.25, 0.3) is 0 Å². The van der Waals surface area contributed by atoms with E-state index in [-0.39, 0.29) is 0 Å². The molecule has 0 amide bonds. The number of hydrogen-bond acceptors (Lipinski definition) is 4. The molecule has 16 rings (SSSR count). The first kappa shape index (κ1) is 53.9. The van der Waals surface area contributed by atoms with Crippen LogP contribution in [0.5, 0.6) is 0 Å². The molecule has 16 aromatic rings. The van der Waals surface area contributed by atoms with E-state index in [4.69, 9.17) is 8.83 Å². The summed E-state index contributed by atoms with van der Waals surface area (Å²) in [6.45, 7) is 13.0. The maximum absolute atomic E-state index is 6.34. The zero-order chi connectivity index (χ0) is 59.6. The average molecular weight is 1140 g/mol. The molecule has 4 heterocycles. The highest BCUT2D eigenvalue weighted by Crippen LogP contribution is 2.47. The number of anilines is 6. The SMILES string of the molecule is CC.CC(C)c1ccc(N(c2ccc(-c3cc4ccccc4o3)cc2)c2ccc3c4c5ccc6c(c5ccc4n(-c4ccccc4)c3c2)c2ccc(N(c3ccc(-c4cc5ccccc5o4)cc3)c3ccc(C(C)C)cc3)cc2n6-c2ccccc2)cc1. The van der Waals surface area contributed by atoms with E-state index in [0.717, 1.165) is 112 Å². The van der Waals surface area contributed by atoms with Crippen LogP contribution in [-0.4, -0.2) is 9.13 Å². The molecule has 6 nitrogen and oxygen atoms in total. The molecule has 0 aliphatic rings. The lowest BCUT2D eigenvalue weighted by atomic mass is 9.99. The second kappa shape index (κ2) is 22.2. The number of para-hydroxylation sites is 4. The second-order valence-electron chi connectivity index (χ2n) is 23.3. The van der Waals surface area contributed by atoms with Crippen molar-refractivity contribution >= 4 is 110 Å². The van der Waals surface area contributed by atoms with Crippen LogP contribution in [-0.2, 0) is 0 Å². The zero-order valence-electron chi connectivity index (χ0n) is 50.3. The van der Waals surface area contributed by atoms with Gasteiger partial charge in [0, 0.05) is 88.9 Å². The predicted octanol–water partition coefficient (Wildman–Crippen LogP) is 24.1. The summed E-state index contributed by atoms with van der Waals surface area (Å²) in [6, 6.07) is 101. The van der Waals surface area contributed by atoms with E-state index in [9.17, 15) is 0 Å². The Morgan fingerprint density at radius 3 is 0.989 bits per heavy atom. The minimum Gasteiger partial charge on any atom is -0.456 e. The van der Waals surface area contributed by atoms with Crippen molar-refractivity contribution in [3.8, 4) is 34.0 Å². The molecule has 426 valence electrons. The topological polar surface area (TPSA) is 42.6 Å². The Balaban J connectivity index is 0.00000322. The van der Waals surface area contributed by atoms with Crippen molar-refractivity contribution < 1.29 is 8.83 Å². The lowest BCUT2D eigenvalue weighted by Crippen LogP contribution is -2.10. The minimum atomic E-state index is 0.412. The van der Waals surface area contributed by atoms with E-state index >= 15 is 0 Å². The standard InChI is InChI=1S/C80H60N4O2.C2H6/c1-51(2)53-23-31-61(32-24-53)81(63-35-27-55(28-36-63)77-47-57-15-11-13-21-75(57)85-77)65-39-41-69-73(49-65)83(59-17-7-5-8-18-59)71-45-43-68-67(79(69)71)44-46-72-80(68)70-42-40-66(50-74(70)84(72)60-19-9-6-10-20-60)82(62-33-25-54(26-34-62)52(3)4)64-37-29-56(30-38-64)78-48-58-16-12-14-22-76(58)86-78;1-2/h5-52H,1-4H3;1-2H3. The van der Waals surface area contributed by atoms with E-state index < -0.39 is 0 Å². The minimum absolute atomic E-state index is 0.412. The van der Waals surface area contributed by atoms with Crippen molar-refractivity contribution in [2.24, 2.45) is 0 Å². The summed E-state index contributed by atoms with van der Waals surface area (Å²) in [7, 11) is 0. The van der Waals surface area contributed by atoms with Crippen LogP contribution in [0.25, 0.3) is 110 Å². The van der Waals surface area contributed by atoms with Crippen LogP contribution in [0.15, 0.2) is 288 Å². The molecule has 0 unspecified atom stereocenters. The quantitative estimate of drug-likeness (QED) is 0.122. The van der Waals surface area contributed by atoms with Gasteiger partial charge in [0.2, 0.25) is 0 Å². The monoisotopic (exact) mass is 1140 g/mol. The molecule has 6 heteroatoms. The van der Waals surface area contributed by atoms with E-state index in [1.54, 1.807) is 0 Å². The van der Waals surface area contributed by atoms with Gasteiger partial charge in [0.05, 0.1) is 22.1 Å². The van der Waals surface area contributed by atoms with E-state index in [1.165, 1.54) is 43.4 Å². The summed E-state index contributed by atoms with van der Waals surface area (Å²) in [5.74, 6) is 2.53. The van der Waals surface area contributed by atoms with Gasteiger partial charge in [0.1, 0.15) is 22.7 Å². The number of aromatic nitrogens is 2.